The summed E-state index contributed by atoms with van der Waals surface area (Å²) in [5.41, 5.74) is 2.57. The number of nitrogens with one attached hydrogen (secondary N) is 2. The van der Waals surface area contributed by atoms with Crippen LogP contribution >= 0.6 is 0 Å². The van der Waals surface area contributed by atoms with Crippen LogP contribution in [-0.2, 0) is 4.79 Å². The summed E-state index contributed by atoms with van der Waals surface area (Å²) < 4.78 is 3.65. The monoisotopic (exact) mass is 445 g/mol. The molecule has 9 heteroatoms. The van der Waals surface area contributed by atoms with Crippen LogP contribution in [-0.4, -0.2) is 42.2 Å². The van der Waals surface area contributed by atoms with Gasteiger partial charge in [-0.3, -0.25) is 14.3 Å². The maximum Gasteiger partial charge on any atom is 0.255 e. The van der Waals surface area contributed by atoms with Crippen LogP contribution in [0, 0.1) is 5.92 Å². The highest BCUT2D eigenvalue weighted by molar-refractivity contribution is 6.07. The molecule has 170 valence electrons. The van der Waals surface area contributed by atoms with Crippen LogP contribution in [0.5, 0.6) is 0 Å². The number of rotatable bonds is 5. The average Bonchev–Trinajstić information content (AvgIpc) is 3.42. The minimum atomic E-state index is -0.217. The van der Waals surface area contributed by atoms with Gasteiger partial charge in [0.05, 0.1) is 17.8 Å². The number of carbonyl (C=O) groups excluding carboxylic acids is 2. The molecule has 1 aromatic carbocycles. The molecule has 2 amide bonds. The van der Waals surface area contributed by atoms with E-state index in [9.17, 15) is 9.59 Å². The van der Waals surface area contributed by atoms with Gasteiger partial charge in [-0.15, -0.1) is 0 Å². The molecular weight excluding hydrogens is 418 g/mol. The molecule has 0 aliphatic heterocycles. The topological polar surface area (TPSA) is 106 Å². The van der Waals surface area contributed by atoms with E-state index in [2.05, 4.69) is 27.6 Å². The van der Waals surface area contributed by atoms with Gasteiger partial charge in [0.1, 0.15) is 5.69 Å². The quantitative estimate of drug-likeness (QED) is 0.488. The molecule has 0 spiro atoms. The van der Waals surface area contributed by atoms with Gasteiger partial charge in [0.15, 0.2) is 5.65 Å². The standard InChI is InChI=1S/C24H27N7O2/c1-3-22(32)27-18-6-8-21(15(2)11-18)31-14-17-12-16(5-7-19(17)29-31)24(33)28-20-13-26-30-10-4-9-25-23(20)30/h4-5,7,9-10,12-15,18,21H,3,6,8,11H2,1-2H3,(H,27,32)(H,28,33). The van der Waals surface area contributed by atoms with E-state index >= 15 is 0 Å². The van der Waals surface area contributed by atoms with Gasteiger partial charge in [0.25, 0.3) is 5.91 Å². The summed E-state index contributed by atoms with van der Waals surface area (Å²) in [4.78, 5) is 28.9. The van der Waals surface area contributed by atoms with E-state index in [1.165, 1.54) is 0 Å². The van der Waals surface area contributed by atoms with Gasteiger partial charge >= 0.3 is 0 Å². The third-order valence-electron chi connectivity index (χ3n) is 6.46. The second-order valence-electron chi connectivity index (χ2n) is 8.76. The van der Waals surface area contributed by atoms with Gasteiger partial charge in [-0.25, -0.2) is 9.50 Å². The zero-order chi connectivity index (χ0) is 22.9. The summed E-state index contributed by atoms with van der Waals surface area (Å²) in [5, 5.41) is 15.9. The maximum absolute atomic E-state index is 12.9. The van der Waals surface area contributed by atoms with Crippen LogP contribution < -0.4 is 10.6 Å². The molecular formula is C24H27N7O2. The van der Waals surface area contributed by atoms with E-state index < -0.39 is 0 Å². The Morgan fingerprint density at radius 1 is 1.24 bits per heavy atom. The van der Waals surface area contributed by atoms with Crippen LogP contribution in [0.25, 0.3) is 16.6 Å². The molecule has 1 aliphatic rings. The number of amides is 2. The van der Waals surface area contributed by atoms with Crippen LogP contribution in [0.2, 0.25) is 0 Å². The summed E-state index contributed by atoms with van der Waals surface area (Å²) in [6, 6.07) is 7.83. The Labute approximate surface area is 191 Å². The minimum Gasteiger partial charge on any atom is -0.353 e. The van der Waals surface area contributed by atoms with Crippen molar-refractivity contribution in [3.63, 3.8) is 0 Å². The van der Waals surface area contributed by atoms with Crippen molar-refractivity contribution in [1.82, 2.24) is 29.7 Å². The van der Waals surface area contributed by atoms with Gasteiger partial charge in [0, 0.05) is 42.0 Å². The van der Waals surface area contributed by atoms with Gasteiger partial charge < -0.3 is 10.6 Å². The molecule has 33 heavy (non-hydrogen) atoms. The van der Waals surface area contributed by atoms with Crippen LogP contribution in [0.1, 0.15) is 55.9 Å². The molecule has 3 aromatic heterocycles. The molecule has 4 aromatic rings. The average molecular weight is 446 g/mol. The van der Waals surface area contributed by atoms with Crippen molar-refractivity contribution in [1.29, 1.82) is 0 Å². The summed E-state index contributed by atoms with van der Waals surface area (Å²) in [7, 11) is 0. The Kier molecular flexibility index (Phi) is 5.53. The molecule has 5 rings (SSSR count). The first-order chi connectivity index (χ1) is 16.0. The van der Waals surface area contributed by atoms with Crippen molar-refractivity contribution < 1.29 is 9.59 Å². The number of benzene rings is 1. The number of anilines is 1. The normalized spacial score (nSPS) is 20.7. The molecule has 3 atom stereocenters. The molecule has 9 nitrogen and oxygen atoms in total. The first-order valence-corrected chi connectivity index (χ1v) is 11.4. The Morgan fingerprint density at radius 3 is 2.94 bits per heavy atom. The van der Waals surface area contributed by atoms with E-state index in [4.69, 9.17) is 5.10 Å². The van der Waals surface area contributed by atoms with Gasteiger partial charge in [-0.2, -0.15) is 10.2 Å². The van der Waals surface area contributed by atoms with Gasteiger partial charge in [0.2, 0.25) is 5.91 Å². The third kappa shape index (κ3) is 4.18. The molecule has 3 heterocycles. The summed E-state index contributed by atoms with van der Waals surface area (Å²) in [6.45, 7) is 4.09. The predicted octanol–water partition coefficient (Wildman–Crippen LogP) is 3.59. The number of nitrogens with zero attached hydrogens (tertiary/aromatic N) is 5. The van der Waals surface area contributed by atoms with E-state index in [0.717, 1.165) is 30.2 Å². The maximum atomic E-state index is 12.9. The second-order valence-corrected chi connectivity index (χ2v) is 8.76. The van der Waals surface area contributed by atoms with Crippen molar-refractivity contribution in [2.45, 2.75) is 51.6 Å². The molecule has 1 fully saturated rings. The van der Waals surface area contributed by atoms with Crippen LogP contribution in [0.15, 0.2) is 49.1 Å². The third-order valence-corrected chi connectivity index (χ3v) is 6.46. The van der Waals surface area contributed by atoms with E-state index in [0.29, 0.717) is 29.2 Å². The second kappa shape index (κ2) is 8.65. The SMILES string of the molecule is CCC(=O)NC1CCC(n2cc3cc(C(=O)Nc4cnn5cccnc45)ccc3n2)C(C)C1. The van der Waals surface area contributed by atoms with Gasteiger partial charge in [-0.05, 0) is 49.4 Å². The Hall–Kier alpha value is -3.75. The van der Waals surface area contributed by atoms with E-state index in [1.54, 1.807) is 35.2 Å². The number of hydrogen-bond acceptors (Lipinski definition) is 5. The molecule has 2 N–H and O–H groups in total. The summed E-state index contributed by atoms with van der Waals surface area (Å²) in [6.07, 6.45) is 10.4. The fourth-order valence-electron chi connectivity index (χ4n) is 4.70. The zero-order valence-corrected chi connectivity index (χ0v) is 18.7. The van der Waals surface area contributed by atoms with Crippen molar-refractivity contribution in [2.24, 2.45) is 5.92 Å². The fraction of sp³-hybridized carbons (Fsp3) is 0.375. The molecule has 0 bridgehead atoms. The Bertz CT molecular complexity index is 1320. The highest BCUT2D eigenvalue weighted by Crippen LogP contribution is 2.34. The molecule has 3 unspecified atom stereocenters. The highest BCUT2D eigenvalue weighted by atomic mass is 16.2. The number of aromatic nitrogens is 5. The highest BCUT2D eigenvalue weighted by Gasteiger charge is 2.30. The molecule has 1 aliphatic carbocycles. The number of fused-ring (bicyclic) bond motifs is 2. The Balaban J connectivity index is 1.32. The number of hydrogen-bond donors (Lipinski definition) is 2. The zero-order valence-electron chi connectivity index (χ0n) is 18.7. The Morgan fingerprint density at radius 2 is 2.12 bits per heavy atom. The molecule has 0 radical (unpaired) electrons. The lowest BCUT2D eigenvalue weighted by atomic mass is 9.82. The van der Waals surface area contributed by atoms with Gasteiger partial charge in [-0.1, -0.05) is 13.8 Å². The first-order valence-electron chi connectivity index (χ1n) is 11.4. The van der Waals surface area contributed by atoms with Crippen molar-refractivity contribution >= 4 is 34.1 Å². The summed E-state index contributed by atoms with van der Waals surface area (Å²) >= 11 is 0. The molecule has 0 saturated heterocycles. The lowest BCUT2D eigenvalue weighted by Gasteiger charge is -2.34. The summed E-state index contributed by atoms with van der Waals surface area (Å²) in [5.74, 6) is 0.285. The van der Waals surface area contributed by atoms with E-state index in [1.807, 2.05) is 29.9 Å². The largest absolute Gasteiger partial charge is 0.353 e. The van der Waals surface area contributed by atoms with Crippen LogP contribution in [0.4, 0.5) is 5.69 Å². The van der Waals surface area contributed by atoms with Crippen molar-refractivity contribution in [3.8, 4) is 0 Å². The minimum absolute atomic E-state index is 0.112. The van der Waals surface area contributed by atoms with E-state index in [-0.39, 0.29) is 23.9 Å². The molecule has 1 saturated carbocycles. The predicted molar refractivity (Wildman–Crippen MR) is 125 cm³/mol. The smallest absolute Gasteiger partial charge is 0.255 e. The van der Waals surface area contributed by atoms with Crippen LogP contribution in [0.3, 0.4) is 0 Å². The first kappa shape index (κ1) is 21.1. The lowest BCUT2D eigenvalue weighted by Crippen LogP contribution is -2.40. The number of carbonyl (C=O) groups is 2. The van der Waals surface area contributed by atoms with Crippen molar-refractivity contribution in [3.05, 3.63) is 54.6 Å². The lowest BCUT2D eigenvalue weighted by molar-refractivity contribution is -0.121. The van der Waals surface area contributed by atoms with Crippen molar-refractivity contribution in [2.75, 3.05) is 5.32 Å². The fourth-order valence-corrected chi connectivity index (χ4v) is 4.70.